The molecule has 0 bridgehead atoms. The Hall–Kier alpha value is -2.54. The van der Waals surface area contributed by atoms with Crippen molar-refractivity contribution >= 4 is 28.7 Å². The molecule has 2 heterocycles. The van der Waals surface area contributed by atoms with Gasteiger partial charge in [-0.05, 0) is 32.3 Å². The van der Waals surface area contributed by atoms with E-state index >= 15 is 0 Å². The van der Waals surface area contributed by atoms with Crippen LogP contribution < -0.4 is 10.9 Å². The smallest absolute Gasteiger partial charge is 0.278 e. The Morgan fingerprint density at radius 2 is 1.90 bits per heavy atom. The molecule has 1 fully saturated rings. The van der Waals surface area contributed by atoms with Gasteiger partial charge in [0, 0.05) is 30.9 Å². The van der Waals surface area contributed by atoms with Crippen molar-refractivity contribution in [2.24, 2.45) is 7.05 Å². The highest BCUT2D eigenvalue weighted by Crippen LogP contribution is 2.30. The Morgan fingerprint density at radius 3 is 2.58 bits per heavy atom. The maximum absolute atomic E-state index is 13.4. The number of hydrogen-bond donors (Lipinski definition) is 1. The summed E-state index contributed by atoms with van der Waals surface area (Å²) >= 11 is 1.34. The van der Waals surface area contributed by atoms with Gasteiger partial charge in [0.05, 0.1) is 5.75 Å². The number of aromatic nitrogens is 3. The minimum atomic E-state index is -0.0696. The minimum Gasteiger partial charge on any atom is -0.353 e. The van der Waals surface area contributed by atoms with Crippen molar-refractivity contribution in [1.29, 1.82) is 0 Å². The first kappa shape index (κ1) is 21.7. The summed E-state index contributed by atoms with van der Waals surface area (Å²) in [6, 6.07) is 10.2. The third kappa shape index (κ3) is 4.56. The fraction of sp³-hybridized carbons (Fsp3) is 0.458. The number of nitrogens with one attached hydrogen (secondary N) is 1. The molecule has 0 unspecified atom stereocenters. The molecular weight excluding hydrogens is 408 g/mol. The second-order valence-electron chi connectivity index (χ2n) is 8.57. The van der Waals surface area contributed by atoms with Crippen LogP contribution in [0.15, 0.2) is 46.5 Å². The van der Waals surface area contributed by atoms with Gasteiger partial charge in [-0.3, -0.25) is 14.2 Å². The maximum atomic E-state index is 13.4. The quantitative estimate of drug-likeness (QED) is 0.454. The number of aryl methyl sites for hydroxylation is 1. The standard InChI is InChI=1S/C24H30N4O2S/c1-16(2)28-23(30)22-21(19(14-27(22)3)17-10-6-4-7-11-17)26-24(28)31-15-20(29)25-18-12-8-5-9-13-18/h4,6-7,10-11,14,16,18H,5,8-9,12-13,15H2,1-3H3,(H,25,29). The van der Waals surface area contributed by atoms with Crippen LogP contribution in [0.25, 0.3) is 22.2 Å². The van der Waals surface area contributed by atoms with Gasteiger partial charge in [-0.15, -0.1) is 0 Å². The minimum absolute atomic E-state index is 0.0119. The molecular formula is C24H30N4O2S. The summed E-state index contributed by atoms with van der Waals surface area (Å²) in [5.41, 5.74) is 3.15. The Labute approximate surface area is 187 Å². The van der Waals surface area contributed by atoms with Crippen LogP contribution in [0.5, 0.6) is 0 Å². The van der Waals surface area contributed by atoms with E-state index in [0.29, 0.717) is 16.2 Å². The zero-order valence-corrected chi connectivity index (χ0v) is 19.2. The molecule has 0 spiro atoms. The van der Waals surface area contributed by atoms with Gasteiger partial charge in [-0.2, -0.15) is 0 Å². The molecule has 2 aromatic heterocycles. The summed E-state index contributed by atoms with van der Waals surface area (Å²) in [5, 5.41) is 3.74. The van der Waals surface area contributed by atoms with Crippen molar-refractivity contribution in [1.82, 2.24) is 19.4 Å². The van der Waals surface area contributed by atoms with Crippen LogP contribution >= 0.6 is 11.8 Å². The molecule has 1 aromatic carbocycles. The summed E-state index contributed by atoms with van der Waals surface area (Å²) in [5.74, 6) is 0.271. The van der Waals surface area contributed by atoms with Crippen LogP contribution in [0.4, 0.5) is 0 Å². The topological polar surface area (TPSA) is 68.9 Å². The number of rotatable bonds is 6. The second-order valence-corrected chi connectivity index (χ2v) is 9.51. The Kier molecular flexibility index (Phi) is 6.51. The van der Waals surface area contributed by atoms with Gasteiger partial charge in [-0.25, -0.2) is 4.98 Å². The number of benzene rings is 1. The molecule has 1 aliphatic carbocycles. The van der Waals surface area contributed by atoms with E-state index in [2.05, 4.69) is 5.32 Å². The lowest BCUT2D eigenvalue weighted by Gasteiger charge is -2.22. The predicted octanol–water partition coefficient (Wildman–Crippen LogP) is 4.52. The molecule has 1 amide bonds. The molecule has 6 nitrogen and oxygen atoms in total. The molecule has 0 aliphatic heterocycles. The summed E-state index contributed by atoms with van der Waals surface area (Å²) in [6.07, 6.45) is 7.69. The Balaban J connectivity index is 1.67. The molecule has 1 aliphatic rings. The predicted molar refractivity (Wildman–Crippen MR) is 127 cm³/mol. The van der Waals surface area contributed by atoms with Crippen LogP contribution in [0, 0.1) is 0 Å². The molecule has 0 atom stereocenters. The highest BCUT2D eigenvalue weighted by atomic mass is 32.2. The lowest BCUT2D eigenvalue weighted by Crippen LogP contribution is -2.37. The molecule has 3 aromatic rings. The number of thioether (sulfide) groups is 1. The first-order valence-corrected chi connectivity index (χ1v) is 12.0. The molecule has 4 rings (SSSR count). The van der Waals surface area contributed by atoms with Crippen LogP contribution in [0.1, 0.15) is 52.0 Å². The van der Waals surface area contributed by atoms with E-state index in [0.717, 1.165) is 24.0 Å². The average Bonchev–Trinajstić information content (AvgIpc) is 3.10. The molecule has 1 saturated carbocycles. The summed E-state index contributed by atoms with van der Waals surface area (Å²) in [4.78, 5) is 30.9. The molecule has 0 saturated heterocycles. The van der Waals surface area contributed by atoms with Crippen molar-refractivity contribution in [3.63, 3.8) is 0 Å². The molecule has 0 radical (unpaired) electrons. The second kappa shape index (κ2) is 9.30. The zero-order chi connectivity index (χ0) is 22.0. The van der Waals surface area contributed by atoms with Crippen LogP contribution in [0.3, 0.4) is 0 Å². The Morgan fingerprint density at radius 1 is 1.19 bits per heavy atom. The highest BCUT2D eigenvalue weighted by Gasteiger charge is 2.21. The lowest BCUT2D eigenvalue weighted by atomic mass is 9.95. The van der Waals surface area contributed by atoms with Crippen molar-refractivity contribution in [2.45, 2.75) is 63.2 Å². The van der Waals surface area contributed by atoms with Gasteiger partial charge >= 0.3 is 0 Å². The van der Waals surface area contributed by atoms with E-state index in [1.165, 1.54) is 31.0 Å². The van der Waals surface area contributed by atoms with E-state index < -0.39 is 0 Å². The van der Waals surface area contributed by atoms with Gasteiger partial charge in [-0.1, -0.05) is 61.4 Å². The highest BCUT2D eigenvalue weighted by molar-refractivity contribution is 7.99. The van der Waals surface area contributed by atoms with E-state index in [1.54, 1.807) is 4.57 Å². The molecule has 164 valence electrons. The van der Waals surface area contributed by atoms with Crippen molar-refractivity contribution in [3.8, 4) is 11.1 Å². The number of nitrogens with zero attached hydrogens (tertiary/aromatic N) is 3. The van der Waals surface area contributed by atoms with E-state index in [9.17, 15) is 9.59 Å². The number of carbonyl (C=O) groups excluding carboxylic acids is 1. The molecule has 7 heteroatoms. The van der Waals surface area contributed by atoms with Crippen molar-refractivity contribution in [2.75, 3.05) is 5.75 Å². The fourth-order valence-electron chi connectivity index (χ4n) is 4.36. The third-order valence-corrected chi connectivity index (χ3v) is 6.85. The SMILES string of the molecule is CC(C)n1c(SCC(=O)NC2CCCCC2)nc2c(-c3ccccc3)cn(C)c2c1=O. The number of fused-ring (bicyclic) bond motifs is 1. The van der Waals surface area contributed by atoms with E-state index in [4.69, 9.17) is 4.98 Å². The van der Waals surface area contributed by atoms with Crippen molar-refractivity contribution in [3.05, 3.63) is 46.9 Å². The lowest BCUT2D eigenvalue weighted by molar-refractivity contribution is -0.119. The average molecular weight is 439 g/mol. The van der Waals surface area contributed by atoms with Gasteiger partial charge in [0.2, 0.25) is 5.91 Å². The fourth-order valence-corrected chi connectivity index (χ4v) is 5.29. The first-order chi connectivity index (χ1) is 15.0. The number of hydrogen-bond acceptors (Lipinski definition) is 4. The van der Waals surface area contributed by atoms with Crippen molar-refractivity contribution < 1.29 is 4.79 Å². The van der Waals surface area contributed by atoms with Gasteiger partial charge in [0.1, 0.15) is 11.0 Å². The van der Waals surface area contributed by atoms with E-state index in [1.807, 2.05) is 62.0 Å². The summed E-state index contributed by atoms with van der Waals surface area (Å²) in [7, 11) is 1.88. The Bertz CT molecular complexity index is 1130. The molecule has 1 N–H and O–H groups in total. The number of amides is 1. The van der Waals surface area contributed by atoms with Gasteiger partial charge < -0.3 is 9.88 Å². The van der Waals surface area contributed by atoms with Crippen LogP contribution in [-0.2, 0) is 11.8 Å². The largest absolute Gasteiger partial charge is 0.353 e. The molecule has 31 heavy (non-hydrogen) atoms. The van der Waals surface area contributed by atoms with Crippen LogP contribution in [0.2, 0.25) is 0 Å². The van der Waals surface area contributed by atoms with E-state index in [-0.39, 0.29) is 29.3 Å². The summed E-state index contributed by atoms with van der Waals surface area (Å²) < 4.78 is 3.56. The zero-order valence-electron chi connectivity index (χ0n) is 18.4. The van der Waals surface area contributed by atoms with Gasteiger partial charge in [0.15, 0.2) is 5.16 Å². The maximum Gasteiger partial charge on any atom is 0.278 e. The summed E-state index contributed by atoms with van der Waals surface area (Å²) in [6.45, 7) is 3.95. The first-order valence-electron chi connectivity index (χ1n) is 11.0. The van der Waals surface area contributed by atoms with Gasteiger partial charge in [0.25, 0.3) is 5.56 Å². The van der Waals surface area contributed by atoms with Crippen LogP contribution in [-0.4, -0.2) is 31.8 Å². The third-order valence-electron chi connectivity index (χ3n) is 5.89. The monoisotopic (exact) mass is 438 g/mol. The number of carbonyl (C=O) groups is 1. The normalized spacial score (nSPS) is 15.0.